The SMILES string of the molecule is C/C(C(=O)O)=C(/C)C(=O)NC1(C)CC1. The van der Waals surface area contributed by atoms with E-state index in [0.29, 0.717) is 0 Å². The molecular formula is C10H15NO3. The average Bonchev–Trinajstić information content (AvgIpc) is 2.80. The number of hydrogen-bond acceptors (Lipinski definition) is 2. The van der Waals surface area contributed by atoms with Crippen LogP contribution in [0.15, 0.2) is 11.1 Å². The van der Waals surface area contributed by atoms with E-state index in [-0.39, 0.29) is 22.6 Å². The van der Waals surface area contributed by atoms with Crippen molar-refractivity contribution in [2.45, 2.75) is 39.2 Å². The van der Waals surface area contributed by atoms with Crippen molar-refractivity contribution < 1.29 is 14.7 Å². The molecule has 0 saturated heterocycles. The number of carbonyl (C=O) groups excluding carboxylic acids is 1. The summed E-state index contributed by atoms with van der Waals surface area (Å²) in [4.78, 5) is 22.1. The summed E-state index contributed by atoms with van der Waals surface area (Å²) in [6, 6.07) is 0. The van der Waals surface area contributed by atoms with E-state index in [4.69, 9.17) is 5.11 Å². The third-order valence-electron chi connectivity index (χ3n) is 2.64. The number of hydrogen-bond donors (Lipinski definition) is 2. The van der Waals surface area contributed by atoms with Crippen LogP contribution in [0.1, 0.15) is 33.6 Å². The maximum atomic E-state index is 11.5. The number of carboxylic acids is 1. The number of rotatable bonds is 3. The monoisotopic (exact) mass is 197 g/mol. The van der Waals surface area contributed by atoms with Gasteiger partial charge in [-0.3, -0.25) is 4.79 Å². The minimum Gasteiger partial charge on any atom is -0.478 e. The van der Waals surface area contributed by atoms with Gasteiger partial charge >= 0.3 is 5.97 Å². The molecule has 1 saturated carbocycles. The van der Waals surface area contributed by atoms with Gasteiger partial charge in [0.25, 0.3) is 0 Å². The molecule has 2 N–H and O–H groups in total. The zero-order chi connectivity index (χ0) is 10.9. The predicted molar refractivity (Wildman–Crippen MR) is 51.8 cm³/mol. The van der Waals surface area contributed by atoms with Crippen molar-refractivity contribution in [3.63, 3.8) is 0 Å². The summed E-state index contributed by atoms with van der Waals surface area (Å²) in [5, 5.41) is 11.5. The Morgan fingerprint density at radius 3 is 2.07 bits per heavy atom. The molecule has 0 bridgehead atoms. The molecule has 1 rings (SSSR count). The largest absolute Gasteiger partial charge is 0.478 e. The lowest BCUT2D eigenvalue weighted by atomic mass is 10.1. The van der Waals surface area contributed by atoms with Crippen LogP contribution in [-0.4, -0.2) is 22.5 Å². The highest BCUT2D eigenvalue weighted by molar-refractivity contribution is 6.01. The maximum Gasteiger partial charge on any atom is 0.331 e. The minimum atomic E-state index is -1.04. The first-order valence-corrected chi connectivity index (χ1v) is 4.59. The summed E-state index contributed by atoms with van der Waals surface area (Å²) in [6.45, 7) is 4.92. The lowest BCUT2D eigenvalue weighted by Crippen LogP contribution is -2.35. The van der Waals surface area contributed by atoms with Gasteiger partial charge in [-0.1, -0.05) is 0 Å². The normalized spacial score (nSPS) is 19.6. The van der Waals surface area contributed by atoms with Gasteiger partial charge < -0.3 is 10.4 Å². The van der Waals surface area contributed by atoms with E-state index in [2.05, 4.69) is 5.32 Å². The van der Waals surface area contributed by atoms with Gasteiger partial charge in [0.1, 0.15) is 0 Å². The van der Waals surface area contributed by atoms with Gasteiger partial charge in [-0.2, -0.15) is 0 Å². The highest BCUT2D eigenvalue weighted by atomic mass is 16.4. The zero-order valence-electron chi connectivity index (χ0n) is 8.68. The fourth-order valence-electron chi connectivity index (χ4n) is 1.01. The van der Waals surface area contributed by atoms with Crippen LogP contribution in [-0.2, 0) is 9.59 Å². The number of amides is 1. The molecule has 78 valence electrons. The molecule has 0 unspecified atom stereocenters. The molecule has 0 aliphatic heterocycles. The van der Waals surface area contributed by atoms with E-state index >= 15 is 0 Å². The maximum absolute atomic E-state index is 11.5. The molecule has 14 heavy (non-hydrogen) atoms. The quantitative estimate of drug-likeness (QED) is 0.665. The fraction of sp³-hybridized carbons (Fsp3) is 0.600. The van der Waals surface area contributed by atoms with E-state index in [1.165, 1.54) is 13.8 Å². The second-order valence-electron chi connectivity index (χ2n) is 4.07. The smallest absolute Gasteiger partial charge is 0.331 e. The van der Waals surface area contributed by atoms with Gasteiger partial charge in [0.2, 0.25) is 5.91 Å². The molecule has 1 fully saturated rings. The molecule has 0 spiro atoms. The number of carbonyl (C=O) groups is 2. The molecule has 1 aliphatic rings. The summed E-state index contributed by atoms with van der Waals surface area (Å²) in [7, 11) is 0. The van der Waals surface area contributed by atoms with Gasteiger partial charge in [-0.05, 0) is 33.6 Å². The number of aliphatic carboxylic acids is 1. The molecule has 0 radical (unpaired) electrons. The first-order valence-electron chi connectivity index (χ1n) is 4.59. The Morgan fingerprint density at radius 2 is 1.71 bits per heavy atom. The predicted octanol–water partition coefficient (Wildman–Crippen LogP) is 1.08. The lowest BCUT2D eigenvalue weighted by molar-refractivity contribution is -0.133. The summed E-state index contributed by atoms with van der Waals surface area (Å²) >= 11 is 0. The Balaban J connectivity index is 2.69. The van der Waals surface area contributed by atoms with Crippen molar-refractivity contribution in [2.24, 2.45) is 0 Å². The van der Waals surface area contributed by atoms with Crippen molar-refractivity contribution >= 4 is 11.9 Å². The van der Waals surface area contributed by atoms with Crippen molar-refractivity contribution in [1.82, 2.24) is 5.32 Å². The van der Waals surface area contributed by atoms with Crippen molar-refractivity contribution in [2.75, 3.05) is 0 Å². The Hall–Kier alpha value is -1.32. The molecule has 4 heteroatoms. The molecule has 0 aromatic carbocycles. The third kappa shape index (κ3) is 2.34. The van der Waals surface area contributed by atoms with Crippen molar-refractivity contribution in [3.05, 3.63) is 11.1 Å². The van der Waals surface area contributed by atoms with Crippen LogP contribution >= 0.6 is 0 Å². The van der Waals surface area contributed by atoms with Crippen molar-refractivity contribution in [3.8, 4) is 0 Å². The van der Waals surface area contributed by atoms with E-state index in [0.717, 1.165) is 12.8 Å². The summed E-state index contributed by atoms with van der Waals surface area (Å²) in [6.07, 6.45) is 1.94. The van der Waals surface area contributed by atoms with Crippen LogP contribution in [0.25, 0.3) is 0 Å². The van der Waals surface area contributed by atoms with Crippen LogP contribution < -0.4 is 5.32 Å². The van der Waals surface area contributed by atoms with Gasteiger partial charge in [-0.25, -0.2) is 4.79 Å². The van der Waals surface area contributed by atoms with Crippen LogP contribution in [0, 0.1) is 0 Å². The summed E-state index contributed by atoms with van der Waals surface area (Å²) in [5.41, 5.74) is 0.286. The first-order chi connectivity index (χ1) is 6.36. The molecule has 4 nitrogen and oxygen atoms in total. The Morgan fingerprint density at radius 1 is 1.21 bits per heavy atom. The molecule has 0 aromatic heterocycles. The van der Waals surface area contributed by atoms with Crippen molar-refractivity contribution in [1.29, 1.82) is 0 Å². The van der Waals surface area contributed by atoms with Gasteiger partial charge in [-0.15, -0.1) is 0 Å². The topological polar surface area (TPSA) is 66.4 Å². The molecule has 0 atom stereocenters. The Labute approximate surface area is 83.0 Å². The van der Waals surface area contributed by atoms with Crippen LogP contribution in [0.4, 0.5) is 0 Å². The second-order valence-corrected chi connectivity index (χ2v) is 4.07. The van der Waals surface area contributed by atoms with Gasteiger partial charge in [0.05, 0.1) is 0 Å². The average molecular weight is 197 g/mol. The highest BCUT2D eigenvalue weighted by Crippen LogP contribution is 2.34. The van der Waals surface area contributed by atoms with E-state index < -0.39 is 5.97 Å². The van der Waals surface area contributed by atoms with Crippen LogP contribution in [0.5, 0.6) is 0 Å². The summed E-state index contributed by atoms with van der Waals surface area (Å²) in [5.74, 6) is -1.32. The zero-order valence-corrected chi connectivity index (χ0v) is 8.68. The molecule has 1 amide bonds. The minimum absolute atomic E-state index is 0.100. The van der Waals surface area contributed by atoms with E-state index in [9.17, 15) is 9.59 Å². The van der Waals surface area contributed by atoms with Gasteiger partial charge in [0, 0.05) is 16.7 Å². The van der Waals surface area contributed by atoms with Gasteiger partial charge in [0.15, 0.2) is 0 Å². The van der Waals surface area contributed by atoms with Crippen LogP contribution in [0.2, 0.25) is 0 Å². The standard InChI is InChI=1S/C10H15NO3/c1-6(7(2)9(13)14)8(12)11-10(3)4-5-10/h4-5H2,1-3H3,(H,11,12)(H,13,14)/b7-6+. The number of nitrogens with one attached hydrogen (secondary N) is 1. The second kappa shape index (κ2) is 3.44. The Bertz CT molecular complexity index is 313. The van der Waals surface area contributed by atoms with E-state index in [1.54, 1.807) is 0 Å². The molecule has 0 heterocycles. The molecule has 1 aliphatic carbocycles. The Kier molecular flexibility index (Phi) is 2.64. The lowest BCUT2D eigenvalue weighted by Gasteiger charge is -2.12. The van der Waals surface area contributed by atoms with Crippen LogP contribution in [0.3, 0.4) is 0 Å². The first kappa shape index (κ1) is 10.8. The fourth-order valence-corrected chi connectivity index (χ4v) is 1.01. The molecular weight excluding hydrogens is 182 g/mol. The number of carboxylic acid groups (broad SMARTS) is 1. The molecule has 0 aromatic rings. The summed E-state index contributed by atoms with van der Waals surface area (Å²) < 4.78 is 0. The third-order valence-corrected chi connectivity index (χ3v) is 2.64. The van der Waals surface area contributed by atoms with E-state index in [1.807, 2.05) is 6.92 Å². The highest BCUT2D eigenvalue weighted by Gasteiger charge is 2.39.